The van der Waals surface area contributed by atoms with Crippen molar-refractivity contribution < 1.29 is 14.1 Å². The summed E-state index contributed by atoms with van der Waals surface area (Å²) in [6.07, 6.45) is 1.09. The van der Waals surface area contributed by atoms with Gasteiger partial charge in [0.1, 0.15) is 11.8 Å². The van der Waals surface area contributed by atoms with Gasteiger partial charge in [-0.05, 0) is 37.1 Å². The van der Waals surface area contributed by atoms with E-state index in [4.69, 9.17) is 20.9 Å². The second-order valence-corrected chi connectivity index (χ2v) is 6.99. The minimum Gasteiger partial charge on any atom is -0.494 e. The van der Waals surface area contributed by atoms with Crippen LogP contribution in [0.5, 0.6) is 5.75 Å². The van der Waals surface area contributed by atoms with Crippen LogP contribution in [0, 0.1) is 0 Å². The second kappa shape index (κ2) is 8.02. The molecule has 0 aliphatic carbocycles. The van der Waals surface area contributed by atoms with Gasteiger partial charge in [0.2, 0.25) is 17.6 Å². The molecule has 6 nitrogen and oxygen atoms in total. The lowest BCUT2D eigenvalue weighted by Crippen LogP contribution is -2.27. The fourth-order valence-electron chi connectivity index (χ4n) is 3.38. The highest BCUT2D eigenvalue weighted by Gasteiger charge is 2.36. The number of ether oxygens (including phenoxy) is 1. The highest BCUT2D eigenvalue weighted by molar-refractivity contribution is 6.31. The minimum atomic E-state index is -0.250. The molecule has 0 spiro atoms. The van der Waals surface area contributed by atoms with Crippen LogP contribution in [-0.2, 0) is 11.3 Å². The molecule has 1 unspecified atom stereocenters. The van der Waals surface area contributed by atoms with Gasteiger partial charge in [-0.3, -0.25) is 4.79 Å². The van der Waals surface area contributed by atoms with Gasteiger partial charge < -0.3 is 14.2 Å². The third-order valence-corrected chi connectivity index (χ3v) is 5.13. The van der Waals surface area contributed by atoms with E-state index in [1.54, 1.807) is 4.90 Å². The molecule has 4 rings (SSSR count). The molecule has 144 valence electrons. The van der Waals surface area contributed by atoms with Gasteiger partial charge in [-0.25, -0.2) is 0 Å². The van der Waals surface area contributed by atoms with E-state index >= 15 is 0 Å². The Bertz CT molecular complexity index is 988. The molecule has 0 bridgehead atoms. The Balaban J connectivity index is 1.58. The summed E-state index contributed by atoms with van der Waals surface area (Å²) >= 11 is 6.27. The largest absolute Gasteiger partial charge is 0.494 e. The van der Waals surface area contributed by atoms with Crippen LogP contribution < -0.4 is 4.74 Å². The Labute approximate surface area is 168 Å². The molecule has 28 heavy (non-hydrogen) atoms. The fraction of sp³-hybridized carbons (Fsp3) is 0.286. The normalized spacial score (nSPS) is 16.6. The smallest absolute Gasteiger partial charge is 0.249 e. The summed E-state index contributed by atoms with van der Waals surface area (Å²) in [6, 6.07) is 14.8. The summed E-state index contributed by atoms with van der Waals surface area (Å²) < 4.78 is 11.1. The molecule has 3 aromatic rings. The van der Waals surface area contributed by atoms with E-state index in [1.807, 2.05) is 55.5 Å². The van der Waals surface area contributed by atoms with Crippen LogP contribution in [0.3, 0.4) is 0 Å². The Morgan fingerprint density at radius 2 is 2.11 bits per heavy atom. The number of hydrogen-bond acceptors (Lipinski definition) is 5. The average Bonchev–Trinajstić information content (AvgIpc) is 3.32. The summed E-state index contributed by atoms with van der Waals surface area (Å²) in [7, 11) is 0. The van der Waals surface area contributed by atoms with Gasteiger partial charge >= 0.3 is 0 Å². The second-order valence-electron chi connectivity index (χ2n) is 6.58. The molecule has 2 aromatic carbocycles. The van der Waals surface area contributed by atoms with Crippen LogP contribution in [0.4, 0.5) is 0 Å². The summed E-state index contributed by atoms with van der Waals surface area (Å²) in [4.78, 5) is 18.8. The number of likely N-dealkylation sites (tertiary alicyclic amines) is 1. The predicted molar refractivity (Wildman–Crippen MR) is 105 cm³/mol. The molecule has 1 aliphatic heterocycles. The van der Waals surface area contributed by atoms with E-state index in [0.29, 0.717) is 42.7 Å². The van der Waals surface area contributed by atoms with E-state index in [2.05, 4.69) is 10.1 Å². The van der Waals surface area contributed by atoms with Crippen molar-refractivity contribution in [2.45, 2.75) is 32.4 Å². The first-order chi connectivity index (χ1) is 13.7. The van der Waals surface area contributed by atoms with Crippen LogP contribution in [0.2, 0.25) is 5.02 Å². The zero-order valence-electron chi connectivity index (χ0n) is 15.5. The lowest BCUT2D eigenvalue weighted by Gasteiger charge is -2.22. The van der Waals surface area contributed by atoms with E-state index in [9.17, 15) is 4.79 Å². The van der Waals surface area contributed by atoms with Gasteiger partial charge in [0.05, 0.1) is 6.61 Å². The van der Waals surface area contributed by atoms with Crippen LogP contribution in [0.1, 0.15) is 37.3 Å². The molecule has 1 amide bonds. The number of carbonyl (C=O) groups is 1. The van der Waals surface area contributed by atoms with Crippen LogP contribution in [-0.4, -0.2) is 27.6 Å². The Kier molecular flexibility index (Phi) is 5.30. The Morgan fingerprint density at radius 3 is 2.93 bits per heavy atom. The first-order valence-corrected chi connectivity index (χ1v) is 9.63. The molecule has 0 N–H and O–H groups in total. The van der Waals surface area contributed by atoms with Crippen molar-refractivity contribution in [1.82, 2.24) is 15.0 Å². The maximum Gasteiger partial charge on any atom is 0.249 e. The summed E-state index contributed by atoms with van der Waals surface area (Å²) in [6.45, 7) is 2.94. The number of benzene rings is 2. The quantitative estimate of drug-likeness (QED) is 0.605. The number of halogens is 1. The molecule has 0 saturated carbocycles. The molecular weight excluding hydrogens is 378 g/mol. The third kappa shape index (κ3) is 3.73. The lowest BCUT2D eigenvalue weighted by atomic mass is 10.1. The standard InChI is InChI=1S/C21H20ClN3O3/c1-2-27-16-8-5-7-14(12-16)20-23-21(28-24-20)18-10-11-19(26)25(18)13-15-6-3-4-9-17(15)22/h3-9,12,18H,2,10-11,13H2,1H3. The summed E-state index contributed by atoms with van der Waals surface area (Å²) in [5.74, 6) is 1.73. The van der Waals surface area contributed by atoms with Gasteiger partial charge in [-0.2, -0.15) is 4.98 Å². The molecule has 1 saturated heterocycles. The van der Waals surface area contributed by atoms with Gasteiger partial charge in [0.15, 0.2) is 0 Å². The lowest BCUT2D eigenvalue weighted by molar-refractivity contribution is -0.129. The van der Waals surface area contributed by atoms with Crippen molar-refractivity contribution in [3.8, 4) is 17.1 Å². The third-order valence-electron chi connectivity index (χ3n) is 4.76. The molecule has 1 aromatic heterocycles. The molecule has 2 heterocycles. The molecular formula is C21H20ClN3O3. The van der Waals surface area contributed by atoms with Gasteiger partial charge in [0.25, 0.3) is 0 Å². The van der Waals surface area contributed by atoms with E-state index in [1.165, 1.54) is 0 Å². The van der Waals surface area contributed by atoms with E-state index < -0.39 is 0 Å². The number of hydrogen-bond donors (Lipinski definition) is 0. The number of carbonyl (C=O) groups excluding carboxylic acids is 1. The van der Waals surface area contributed by atoms with Crippen molar-refractivity contribution >= 4 is 17.5 Å². The van der Waals surface area contributed by atoms with Gasteiger partial charge in [-0.15, -0.1) is 0 Å². The van der Waals surface area contributed by atoms with Crippen LogP contribution >= 0.6 is 11.6 Å². The molecule has 1 fully saturated rings. The van der Waals surface area contributed by atoms with E-state index in [-0.39, 0.29) is 11.9 Å². The maximum atomic E-state index is 12.4. The van der Waals surface area contributed by atoms with Crippen LogP contribution in [0.25, 0.3) is 11.4 Å². The molecule has 1 atom stereocenters. The van der Waals surface area contributed by atoms with Crippen molar-refractivity contribution in [1.29, 1.82) is 0 Å². The number of nitrogens with zero attached hydrogens (tertiary/aromatic N) is 3. The molecule has 1 aliphatic rings. The zero-order valence-corrected chi connectivity index (χ0v) is 16.2. The number of aromatic nitrogens is 2. The van der Waals surface area contributed by atoms with Crippen LogP contribution in [0.15, 0.2) is 53.1 Å². The first-order valence-electron chi connectivity index (χ1n) is 9.25. The summed E-state index contributed by atoms with van der Waals surface area (Å²) in [5, 5.41) is 4.75. The Morgan fingerprint density at radius 1 is 1.25 bits per heavy atom. The van der Waals surface area contributed by atoms with Crippen molar-refractivity contribution in [3.05, 3.63) is 65.0 Å². The van der Waals surface area contributed by atoms with Crippen molar-refractivity contribution in [2.24, 2.45) is 0 Å². The van der Waals surface area contributed by atoms with Crippen molar-refractivity contribution in [3.63, 3.8) is 0 Å². The predicted octanol–water partition coefficient (Wildman–Crippen LogP) is 4.65. The van der Waals surface area contributed by atoms with Crippen molar-refractivity contribution in [2.75, 3.05) is 6.61 Å². The average molecular weight is 398 g/mol. The highest BCUT2D eigenvalue weighted by Crippen LogP contribution is 2.35. The van der Waals surface area contributed by atoms with Gasteiger partial charge in [-0.1, -0.05) is 47.1 Å². The summed E-state index contributed by atoms with van der Waals surface area (Å²) in [5.41, 5.74) is 1.71. The minimum absolute atomic E-state index is 0.0583. The fourth-order valence-corrected chi connectivity index (χ4v) is 3.57. The SMILES string of the molecule is CCOc1cccc(-c2noc(C3CCC(=O)N3Cc3ccccc3Cl)n2)c1. The Hall–Kier alpha value is -2.86. The van der Waals surface area contributed by atoms with E-state index in [0.717, 1.165) is 16.9 Å². The first kappa shape index (κ1) is 18.5. The molecule has 0 radical (unpaired) electrons. The number of amides is 1. The van der Waals surface area contributed by atoms with Gasteiger partial charge in [0, 0.05) is 23.6 Å². The number of rotatable bonds is 6. The monoisotopic (exact) mass is 397 g/mol. The molecule has 7 heteroatoms. The highest BCUT2D eigenvalue weighted by atomic mass is 35.5. The zero-order chi connectivity index (χ0) is 19.5. The topological polar surface area (TPSA) is 68.5 Å². The maximum absolute atomic E-state index is 12.4.